The number of rotatable bonds is 2. The number of aliphatic hydroxyl groups is 1. The van der Waals surface area contributed by atoms with Gasteiger partial charge in [0.2, 0.25) is 0 Å². The Balaban J connectivity index is 4.40. The van der Waals surface area contributed by atoms with Gasteiger partial charge in [-0.05, 0) is 12.3 Å². The Bertz CT molecular complexity index is 115. The van der Waals surface area contributed by atoms with Gasteiger partial charge < -0.3 is 5.11 Å². The highest BCUT2D eigenvalue weighted by atomic mass is 16.2. The molecule has 1 N–H and O–H groups in total. The first-order valence-corrected chi connectivity index (χ1v) is 1.92. The predicted molar refractivity (Wildman–Crippen MR) is 26.5 cm³/mol. The van der Waals surface area contributed by atoms with E-state index in [4.69, 9.17) is 10.6 Å². The van der Waals surface area contributed by atoms with E-state index in [0.29, 0.717) is 0 Å². The minimum atomic E-state index is -2.75. The third-order valence-corrected chi connectivity index (χ3v) is 0.353. The van der Waals surface area contributed by atoms with E-state index in [1.54, 1.807) is 0 Å². The van der Waals surface area contributed by atoms with E-state index in [1.165, 1.54) is 13.8 Å². The molecule has 0 unspecified atom stereocenters. The normalized spacial score (nSPS) is 24.7. The summed E-state index contributed by atoms with van der Waals surface area (Å²) in [6, 6.07) is 0. The lowest BCUT2D eigenvalue weighted by Crippen LogP contribution is -1.89. The van der Waals surface area contributed by atoms with Crippen LogP contribution >= 0.6 is 0 Å². The zero-order valence-corrected chi connectivity index (χ0v) is 4.02. The molecule has 0 amide bonds. The van der Waals surface area contributed by atoms with Crippen LogP contribution in [0.1, 0.15) is 25.7 Å². The van der Waals surface area contributed by atoms with E-state index in [2.05, 4.69) is 0 Å². The number of hydrogen-bond donors (Lipinski definition) is 1. The molecule has 0 rings (SSSR count). The van der Waals surface area contributed by atoms with Crippen molar-refractivity contribution in [3.63, 3.8) is 0 Å². The van der Waals surface area contributed by atoms with Crippen LogP contribution in [0, 0.1) is 5.92 Å². The van der Waals surface area contributed by atoms with Gasteiger partial charge in [0.25, 0.3) is 0 Å². The largest absolute Gasteiger partial charge is 0.396 e. The lowest BCUT2D eigenvalue weighted by molar-refractivity contribution is 0.268. The predicted octanol–water partition coefficient (Wildman–Crippen LogP) is 1.02. The Morgan fingerprint density at radius 1 is 1.83 bits per heavy atom. The molecule has 1 heteroatoms. The summed E-state index contributed by atoms with van der Waals surface area (Å²) in [6.07, 6.45) is -2.17. The summed E-state index contributed by atoms with van der Waals surface area (Å²) in [7, 11) is 0. The second-order valence-corrected chi connectivity index (χ2v) is 1.41. The van der Waals surface area contributed by atoms with Crippen molar-refractivity contribution in [1.29, 1.82) is 0 Å². The van der Waals surface area contributed by atoms with Crippen molar-refractivity contribution in [2.75, 3.05) is 6.56 Å². The van der Waals surface area contributed by atoms with Crippen LogP contribution in [0.15, 0.2) is 0 Å². The van der Waals surface area contributed by atoms with Gasteiger partial charge in [-0.3, -0.25) is 0 Å². The smallest absolute Gasteiger partial charge is 0.0564 e. The Morgan fingerprint density at radius 2 is 2.33 bits per heavy atom. The van der Waals surface area contributed by atoms with Crippen LogP contribution in [0.4, 0.5) is 0 Å². The van der Waals surface area contributed by atoms with Gasteiger partial charge in [0.05, 0.1) is 2.74 Å². The Labute approximate surface area is 44.6 Å². The average molecular weight is 92.2 g/mol. The second-order valence-electron chi connectivity index (χ2n) is 1.41. The monoisotopic (exact) mass is 92.1 g/mol. The van der Waals surface area contributed by atoms with E-state index in [1.807, 2.05) is 0 Å². The average Bonchev–Trinajstić information content (AvgIpc) is 1.62. The summed E-state index contributed by atoms with van der Waals surface area (Å²) < 4.78 is 27.6. The molecule has 38 valence electrons. The zero-order valence-electron chi connectivity index (χ0n) is 8.02. The van der Waals surface area contributed by atoms with Gasteiger partial charge in [-0.2, -0.15) is 0 Å². The quantitative estimate of drug-likeness (QED) is 0.539. The molecular weight excluding hydrogens is 76.1 g/mol. The maximum atomic E-state index is 8.67. The Kier molecular flexibility index (Phi) is 0.962. The molecule has 0 spiro atoms. The zero-order chi connectivity index (χ0) is 8.58. The van der Waals surface area contributed by atoms with Gasteiger partial charge >= 0.3 is 0 Å². The topological polar surface area (TPSA) is 20.2 Å². The molecule has 0 aliphatic heterocycles. The summed E-state index contributed by atoms with van der Waals surface area (Å²) in [5, 5.41) is 8.67. The molecule has 0 fully saturated rings. The highest BCUT2D eigenvalue weighted by Crippen LogP contribution is 1.94. The van der Waals surface area contributed by atoms with Crippen LogP contribution < -0.4 is 0 Å². The van der Waals surface area contributed by atoms with Crippen LogP contribution in [0.3, 0.4) is 0 Å². The number of hydrogen-bond acceptors (Lipinski definition) is 1. The highest BCUT2D eigenvalue weighted by Gasteiger charge is 1.86. The Morgan fingerprint density at radius 3 is 2.33 bits per heavy atom. The molecule has 0 atom stereocenters. The molecule has 0 aliphatic rings. The van der Waals surface area contributed by atoms with Gasteiger partial charge in [0.1, 0.15) is 0 Å². The van der Waals surface area contributed by atoms with Gasteiger partial charge in [-0.25, -0.2) is 0 Å². The fourth-order valence-electron chi connectivity index (χ4n) is 0.129. The molecule has 1 nitrogen and oxygen atoms in total. The standard InChI is InChI=1S/C5H12O/c1-5(2)3-4-6/h5-6H,3-4H2,1-2H3/i3D2,4D2. The van der Waals surface area contributed by atoms with Crippen molar-refractivity contribution < 1.29 is 10.6 Å². The minimum absolute atomic E-state index is 0.535. The summed E-state index contributed by atoms with van der Waals surface area (Å²) in [5.41, 5.74) is 0. The molecule has 0 heterocycles. The summed E-state index contributed by atoms with van der Waals surface area (Å²) in [6.45, 7) is 0.295. The lowest BCUT2D eigenvalue weighted by Gasteiger charge is -1.95. The van der Waals surface area contributed by atoms with E-state index in [0.717, 1.165) is 0 Å². The van der Waals surface area contributed by atoms with Crippen LogP contribution in [0.5, 0.6) is 0 Å². The maximum absolute atomic E-state index is 8.67. The molecular formula is C5H12O. The van der Waals surface area contributed by atoms with Gasteiger partial charge in [-0.15, -0.1) is 0 Å². The molecule has 0 aliphatic carbocycles. The first-order valence-electron chi connectivity index (χ1n) is 3.92. The van der Waals surface area contributed by atoms with Crippen molar-refractivity contribution in [3.05, 3.63) is 0 Å². The third-order valence-electron chi connectivity index (χ3n) is 0.353. The first-order chi connectivity index (χ1) is 4.19. The second kappa shape index (κ2) is 3.16. The van der Waals surface area contributed by atoms with Crippen LogP contribution in [0.2, 0.25) is 0 Å². The summed E-state index contributed by atoms with van der Waals surface area (Å²) in [5.74, 6) is -0.535. The molecule has 0 radical (unpaired) electrons. The van der Waals surface area contributed by atoms with Crippen molar-refractivity contribution >= 4 is 0 Å². The molecule has 6 heavy (non-hydrogen) atoms. The van der Waals surface area contributed by atoms with E-state index in [9.17, 15) is 0 Å². The minimum Gasteiger partial charge on any atom is -0.396 e. The molecule has 0 aromatic heterocycles. The van der Waals surface area contributed by atoms with Crippen molar-refractivity contribution in [2.24, 2.45) is 5.92 Å². The van der Waals surface area contributed by atoms with Crippen LogP contribution in [-0.4, -0.2) is 11.7 Å². The molecule has 0 saturated heterocycles. The van der Waals surface area contributed by atoms with Gasteiger partial charge in [-0.1, -0.05) is 13.8 Å². The fraction of sp³-hybridized carbons (Fsp3) is 1.00. The third kappa shape index (κ3) is 3.96. The van der Waals surface area contributed by atoms with Crippen LogP contribution in [0.25, 0.3) is 0 Å². The first kappa shape index (κ1) is 1.83. The highest BCUT2D eigenvalue weighted by molar-refractivity contribution is 4.38. The van der Waals surface area contributed by atoms with Crippen LogP contribution in [-0.2, 0) is 0 Å². The van der Waals surface area contributed by atoms with Crippen molar-refractivity contribution in [2.45, 2.75) is 20.2 Å². The van der Waals surface area contributed by atoms with Gasteiger partial charge in [0.15, 0.2) is 0 Å². The van der Waals surface area contributed by atoms with Crippen molar-refractivity contribution in [1.82, 2.24) is 0 Å². The SMILES string of the molecule is [2H]C([2H])(O)C([2H])([2H])C(C)C. The maximum Gasteiger partial charge on any atom is 0.0564 e. The van der Waals surface area contributed by atoms with Gasteiger partial charge in [0, 0.05) is 9.30 Å². The molecule has 0 bridgehead atoms. The molecule has 0 aromatic carbocycles. The summed E-state index contributed by atoms with van der Waals surface area (Å²) in [4.78, 5) is 0. The van der Waals surface area contributed by atoms with E-state index in [-0.39, 0.29) is 0 Å². The van der Waals surface area contributed by atoms with E-state index < -0.39 is 18.8 Å². The lowest BCUT2D eigenvalue weighted by atomic mass is 10.2. The fourth-order valence-corrected chi connectivity index (χ4v) is 0.129. The summed E-state index contributed by atoms with van der Waals surface area (Å²) >= 11 is 0. The molecule has 0 saturated carbocycles. The Hall–Kier alpha value is -0.0400. The van der Waals surface area contributed by atoms with E-state index >= 15 is 0 Å². The van der Waals surface area contributed by atoms with Crippen molar-refractivity contribution in [3.8, 4) is 0 Å². The molecule has 0 aromatic rings.